The topological polar surface area (TPSA) is 64.7 Å². The van der Waals surface area contributed by atoms with E-state index in [-0.39, 0.29) is 0 Å². The predicted octanol–water partition coefficient (Wildman–Crippen LogP) is 1.74. The van der Waals surface area contributed by atoms with E-state index in [9.17, 15) is 0 Å². The number of nitrogens with zero attached hydrogens (tertiary/aromatic N) is 3. The summed E-state index contributed by atoms with van der Waals surface area (Å²) >= 11 is 0. The van der Waals surface area contributed by atoms with Gasteiger partial charge in [-0.05, 0) is 19.4 Å². The molecule has 0 unspecified atom stereocenters. The first kappa shape index (κ1) is 9.58. The molecule has 0 radical (unpaired) electrons. The number of nitrogen functional groups attached to an aromatic ring is 1. The summed E-state index contributed by atoms with van der Waals surface area (Å²) in [6.07, 6.45) is 0. The van der Waals surface area contributed by atoms with Crippen molar-refractivity contribution in [2.24, 2.45) is 0 Å². The maximum atomic E-state index is 5.81. The zero-order chi connectivity index (χ0) is 10.8. The lowest BCUT2D eigenvalue weighted by Gasteiger charge is -2.06. The Kier molecular flexibility index (Phi) is 2.33. The molecular formula is C11H12N4. The molecule has 0 fully saturated rings. The van der Waals surface area contributed by atoms with Crippen molar-refractivity contribution in [1.29, 1.82) is 0 Å². The van der Waals surface area contributed by atoms with Crippen LogP contribution < -0.4 is 5.73 Å². The van der Waals surface area contributed by atoms with Gasteiger partial charge in [0.2, 0.25) is 0 Å². The number of hydrogen-bond acceptors (Lipinski definition) is 4. The van der Waals surface area contributed by atoms with Crippen molar-refractivity contribution in [2.75, 3.05) is 5.73 Å². The molecule has 76 valence electrons. The van der Waals surface area contributed by atoms with E-state index < -0.39 is 0 Å². The van der Waals surface area contributed by atoms with Crippen molar-refractivity contribution in [3.63, 3.8) is 0 Å². The second-order valence-corrected chi connectivity index (χ2v) is 3.41. The lowest BCUT2D eigenvalue weighted by molar-refractivity contribution is 0.920. The Labute approximate surface area is 88.2 Å². The van der Waals surface area contributed by atoms with Crippen LogP contribution in [0.2, 0.25) is 0 Å². The van der Waals surface area contributed by atoms with Gasteiger partial charge in [0.25, 0.3) is 0 Å². The van der Waals surface area contributed by atoms with Crippen LogP contribution in [-0.4, -0.2) is 15.2 Å². The van der Waals surface area contributed by atoms with Crippen molar-refractivity contribution >= 4 is 5.82 Å². The number of benzene rings is 1. The monoisotopic (exact) mass is 200 g/mol. The molecule has 2 aromatic rings. The SMILES string of the molecule is Cc1nnc(-c2ccccc2C)c(N)n1. The largest absolute Gasteiger partial charge is 0.382 e. The van der Waals surface area contributed by atoms with E-state index in [0.29, 0.717) is 17.3 Å². The van der Waals surface area contributed by atoms with Gasteiger partial charge in [-0.15, -0.1) is 10.2 Å². The first-order valence-electron chi connectivity index (χ1n) is 4.71. The van der Waals surface area contributed by atoms with Gasteiger partial charge in [-0.25, -0.2) is 4.98 Å². The molecule has 15 heavy (non-hydrogen) atoms. The first-order chi connectivity index (χ1) is 7.18. The predicted molar refractivity (Wildman–Crippen MR) is 59.1 cm³/mol. The number of anilines is 1. The normalized spacial score (nSPS) is 10.3. The van der Waals surface area contributed by atoms with E-state index in [0.717, 1.165) is 11.1 Å². The molecule has 0 aliphatic heterocycles. The summed E-state index contributed by atoms with van der Waals surface area (Å²) in [5.74, 6) is 1.02. The van der Waals surface area contributed by atoms with E-state index in [1.165, 1.54) is 0 Å². The molecule has 0 atom stereocenters. The first-order valence-corrected chi connectivity index (χ1v) is 4.71. The van der Waals surface area contributed by atoms with Crippen LogP contribution in [0.1, 0.15) is 11.4 Å². The molecule has 1 heterocycles. The number of rotatable bonds is 1. The Balaban J connectivity index is 2.60. The van der Waals surface area contributed by atoms with Crippen LogP contribution in [0.15, 0.2) is 24.3 Å². The van der Waals surface area contributed by atoms with Crippen molar-refractivity contribution in [3.8, 4) is 11.3 Å². The average molecular weight is 200 g/mol. The fraction of sp³-hybridized carbons (Fsp3) is 0.182. The average Bonchev–Trinajstić information content (AvgIpc) is 2.20. The highest BCUT2D eigenvalue weighted by Crippen LogP contribution is 2.24. The van der Waals surface area contributed by atoms with E-state index >= 15 is 0 Å². The molecule has 0 bridgehead atoms. The van der Waals surface area contributed by atoms with E-state index in [1.54, 1.807) is 6.92 Å². The summed E-state index contributed by atoms with van der Waals surface area (Å²) < 4.78 is 0. The van der Waals surface area contributed by atoms with E-state index in [2.05, 4.69) is 15.2 Å². The smallest absolute Gasteiger partial charge is 0.154 e. The minimum atomic E-state index is 0.428. The van der Waals surface area contributed by atoms with Gasteiger partial charge in [0, 0.05) is 5.56 Å². The van der Waals surface area contributed by atoms with Gasteiger partial charge in [0.15, 0.2) is 5.82 Å². The van der Waals surface area contributed by atoms with E-state index in [4.69, 9.17) is 5.73 Å². The van der Waals surface area contributed by atoms with Crippen LogP contribution in [0.25, 0.3) is 11.3 Å². The van der Waals surface area contributed by atoms with Crippen LogP contribution in [-0.2, 0) is 0 Å². The van der Waals surface area contributed by atoms with Crippen LogP contribution in [0.5, 0.6) is 0 Å². The molecule has 4 nitrogen and oxygen atoms in total. The van der Waals surface area contributed by atoms with Gasteiger partial charge in [-0.2, -0.15) is 0 Å². The number of nitrogens with two attached hydrogens (primary N) is 1. The number of aromatic nitrogens is 3. The molecule has 0 saturated carbocycles. The van der Waals surface area contributed by atoms with Crippen LogP contribution >= 0.6 is 0 Å². The molecule has 0 amide bonds. The Morgan fingerprint density at radius 2 is 1.80 bits per heavy atom. The Morgan fingerprint density at radius 3 is 2.47 bits per heavy atom. The van der Waals surface area contributed by atoms with Gasteiger partial charge >= 0.3 is 0 Å². The fourth-order valence-corrected chi connectivity index (χ4v) is 1.45. The lowest BCUT2D eigenvalue weighted by atomic mass is 10.1. The highest BCUT2D eigenvalue weighted by Gasteiger charge is 2.08. The second-order valence-electron chi connectivity index (χ2n) is 3.41. The molecule has 0 spiro atoms. The van der Waals surface area contributed by atoms with Crippen molar-refractivity contribution in [2.45, 2.75) is 13.8 Å². The van der Waals surface area contributed by atoms with Crippen molar-refractivity contribution in [1.82, 2.24) is 15.2 Å². The van der Waals surface area contributed by atoms with Crippen molar-refractivity contribution < 1.29 is 0 Å². The molecule has 1 aromatic carbocycles. The minimum Gasteiger partial charge on any atom is -0.382 e. The third-order valence-corrected chi connectivity index (χ3v) is 2.22. The summed E-state index contributed by atoms with van der Waals surface area (Å²) in [5, 5.41) is 7.99. The van der Waals surface area contributed by atoms with Gasteiger partial charge < -0.3 is 5.73 Å². The quantitative estimate of drug-likeness (QED) is 0.761. The third kappa shape index (κ3) is 1.79. The molecule has 0 aliphatic rings. The second kappa shape index (κ2) is 3.65. The number of hydrogen-bond donors (Lipinski definition) is 1. The highest BCUT2D eigenvalue weighted by molar-refractivity contribution is 5.71. The zero-order valence-electron chi connectivity index (χ0n) is 8.73. The van der Waals surface area contributed by atoms with Crippen molar-refractivity contribution in [3.05, 3.63) is 35.7 Å². The van der Waals surface area contributed by atoms with Crippen LogP contribution in [0.4, 0.5) is 5.82 Å². The molecule has 0 saturated heterocycles. The van der Waals surface area contributed by atoms with Gasteiger partial charge in [0.05, 0.1) is 0 Å². The summed E-state index contributed by atoms with van der Waals surface area (Å²) in [4.78, 5) is 4.10. The van der Waals surface area contributed by atoms with E-state index in [1.807, 2.05) is 31.2 Å². The molecule has 1 aromatic heterocycles. The maximum Gasteiger partial charge on any atom is 0.154 e. The Bertz CT molecular complexity index is 494. The standard InChI is InChI=1S/C11H12N4/c1-7-5-3-4-6-9(7)10-11(12)13-8(2)14-15-10/h3-6H,1-2H3,(H2,12,13,14). The third-order valence-electron chi connectivity index (χ3n) is 2.22. The fourth-order valence-electron chi connectivity index (χ4n) is 1.45. The Hall–Kier alpha value is -1.97. The molecule has 4 heteroatoms. The maximum absolute atomic E-state index is 5.81. The molecular weight excluding hydrogens is 188 g/mol. The summed E-state index contributed by atoms with van der Waals surface area (Å²) in [5.41, 5.74) is 8.56. The number of aryl methyl sites for hydroxylation is 2. The lowest BCUT2D eigenvalue weighted by Crippen LogP contribution is -2.02. The summed E-state index contributed by atoms with van der Waals surface area (Å²) in [6, 6.07) is 7.90. The van der Waals surface area contributed by atoms with Gasteiger partial charge in [-0.3, -0.25) is 0 Å². The van der Waals surface area contributed by atoms with Crippen LogP contribution in [0.3, 0.4) is 0 Å². The Morgan fingerprint density at radius 1 is 1.07 bits per heavy atom. The zero-order valence-corrected chi connectivity index (χ0v) is 8.73. The summed E-state index contributed by atoms with van der Waals surface area (Å²) in [6.45, 7) is 3.78. The molecule has 2 rings (SSSR count). The van der Waals surface area contributed by atoms with Crippen LogP contribution in [0, 0.1) is 13.8 Å². The van der Waals surface area contributed by atoms with Gasteiger partial charge in [0.1, 0.15) is 11.5 Å². The minimum absolute atomic E-state index is 0.428. The summed E-state index contributed by atoms with van der Waals surface area (Å²) in [7, 11) is 0. The van der Waals surface area contributed by atoms with Gasteiger partial charge in [-0.1, -0.05) is 24.3 Å². The highest BCUT2D eigenvalue weighted by atomic mass is 15.2. The molecule has 2 N–H and O–H groups in total. The molecule has 0 aliphatic carbocycles.